The van der Waals surface area contributed by atoms with Gasteiger partial charge in [-0.05, 0) is 80.3 Å². The Balaban J connectivity index is 2.55. The number of carbonyl (C=O) groups is 1. The predicted octanol–water partition coefficient (Wildman–Crippen LogP) is 2.96. The van der Waals surface area contributed by atoms with Crippen molar-refractivity contribution in [1.29, 1.82) is 0 Å². The molecular formula is C17H34N2O2. The van der Waals surface area contributed by atoms with Crippen LogP contribution in [0.2, 0.25) is 0 Å². The standard InChI is InChI=1S/C17H34N2O2/c1-7-21-15(20)17(6,18-14(2)3)11-9-13-19-12-8-10-16(19,4)5/h14,18H,7-13H2,1-6H3. The lowest BCUT2D eigenvalue weighted by Crippen LogP contribution is -2.53. The first-order valence-electron chi connectivity index (χ1n) is 8.41. The number of likely N-dealkylation sites (tertiary alicyclic amines) is 1. The van der Waals surface area contributed by atoms with E-state index in [0.29, 0.717) is 12.1 Å². The molecule has 1 unspecified atom stereocenters. The minimum absolute atomic E-state index is 0.126. The summed E-state index contributed by atoms with van der Waals surface area (Å²) in [5, 5.41) is 3.39. The molecule has 4 heteroatoms. The Bertz CT molecular complexity index is 342. The highest BCUT2D eigenvalue weighted by atomic mass is 16.5. The highest BCUT2D eigenvalue weighted by molar-refractivity contribution is 5.80. The van der Waals surface area contributed by atoms with E-state index in [9.17, 15) is 4.79 Å². The van der Waals surface area contributed by atoms with Crippen LogP contribution < -0.4 is 5.32 Å². The second kappa shape index (κ2) is 7.59. The minimum Gasteiger partial charge on any atom is -0.465 e. The zero-order chi connectivity index (χ0) is 16.1. The summed E-state index contributed by atoms with van der Waals surface area (Å²) in [5.74, 6) is -0.126. The molecule has 0 aliphatic carbocycles. The van der Waals surface area contributed by atoms with Crippen LogP contribution in [-0.2, 0) is 9.53 Å². The van der Waals surface area contributed by atoms with E-state index < -0.39 is 5.54 Å². The maximum absolute atomic E-state index is 12.3. The number of nitrogens with zero attached hydrogens (tertiary/aromatic N) is 1. The van der Waals surface area contributed by atoms with E-state index in [-0.39, 0.29) is 12.0 Å². The molecule has 21 heavy (non-hydrogen) atoms. The van der Waals surface area contributed by atoms with E-state index in [1.807, 2.05) is 13.8 Å². The van der Waals surface area contributed by atoms with Gasteiger partial charge in [0.25, 0.3) is 0 Å². The molecule has 0 aromatic rings. The van der Waals surface area contributed by atoms with Crippen LogP contribution in [-0.4, -0.2) is 47.7 Å². The monoisotopic (exact) mass is 298 g/mol. The molecule has 1 fully saturated rings. The van der Waals surface area contributed by atoms with Crippen LogP contribution in [0.5, 0.6) is 0 Å². The molecule has 1 N–H and O–H groups in total. The van der Waals surface area contributed by atoms with E-state index in [2.05, 4.69) is 37.9 Å². The van der Waals surface area contributed by atoms with E-state index >= 15 is 0 Å². The normalized spacial score (nSPS) is 21.5. The van der Waals surface area contributed by atoms with E-state index in [1.165, 1.54) is 19.4 Å². The SMILES string of the molecule is CCOC(=O)C(C)(CCCN1CCCC1(C)C)NC(C)C. The number of hydrogen-bond donors (Lipinski definition) is 1. The fraction of sp³-hybridized carbons (Fsp3) is 0.941. The Morgan fingerprint density at radius 2 is 2.10 bits per heavy atom. The van der Waals surface area contributed by atoms with Gasteiger partial charge in [-0.25, -0.2) is 0 Å². The summed E-state index contributed by atoms with van der Waals surface area (Å²) in [6.07, 6.45) is 4.38. The summed E-state index contributed by atoms with van der Waals surface area (Å²) in [6, 6.07) is 0.266. The largest absolute Gasteiger partial charge is 0.465 e. The summed E-state index contributed by atoms with van der Waals surface area (Å²) in [6.45, 7) is 15.3. The lowest BCUT2D eigenvalue weighted by atomic mass is 9.94. The van der Waals surface area contributed by atoms with E-state index in [0.717, 1.165) is 19.4 Å². The van der Waals surface area contributed by atoms with Crippen LogP contribution in [0, 0.1) is 0 Å². The van der Waals surface area contributed by atoms with Crippen LogP contribution in [0.1, 0.15) is 67.2 Å². The number of carbonyl (C=O) groups excluding carboxylic acids is 1. The maximum atomic E-state index is 12.3. The van der Waals surface area contributed by atoms with Gasteiger partial charge in [-0.1, -0.05) is 0 Å². The molecule has 1 aliphatic rings. The van der Waals surface area contributed by atoms with Crippen LogP contribution in [0.15, 0.2) is 0 Å². The van der Waals surface area contributed by atoms with Crippen LogP contribution in [0.25, 0.3) is 0 Å². The fourth-order valence-electron chi connectivity index (χ4n) is 3.36. The number of esters is 1. The van der Waals surface area contributed by atoms with Crippen molar-refractivity contribution in [1.82, 2.24) is 10.2 Å². The zero-order valence-corrected chi connectivity index (χ0v) is 14.8. The molecule has 1 heterocycles. The van der Waals surface area contributed by atoms with E-state index in [1.54, 1.807) is 0 Å². The van der Waals surface area contributed by atoms with Gasteiger partial charge in [0.05, 0.1) is 6.61 Å². The molecule has 0 amide bonds. The van der Waals surface area contributed by atoms with Crippen molar-refractivity contribution in [2.75, 3.05) is 19.7 Å². The fourth-order valence-corrected chi connectivity index (χ4v) is 3.36. The molecule has 0 saturated carbocycles. The summed E-state index contributed by atoms with van der Waals surface area (Å²) < 4.78 is 5.26. The predicted molar refractivity (Wildman–Crippen MR) is 87.4 cm³/mol. The molecule has 1 aliphatic heterocycles. The van der Waals surface area contributed by atoms with Gasteiger partial charge in [0.2, 0.25) is 0 Å². The highest BCUT2D eigenvalue weighted by Gasteiger charge is 2.36. The zero-order valence-electron chi connectivity index (χ0n) is 14.8. The summed E-state index contributed by atoms with van der Waals surface area (Å²) in [7, 11) is 0. The quantitative estimate of drug-likeness (QED) is 0.700. The molecule has 4 nitrogen and oxygen atoms in total. The Kier molecular flexibility index (Phi) is 6.67. The summed E-state index contributed by atoms with van der Waals surface area (Å²) >= 11 is 0. The van der Waals surface area contributed by atoms with Crippen molar-refractivity contribution in [2.45, 2.75) is 84.3 Å². The highest BCUT2D eigenvalue weighted by Crippen LogP contribution is 2.29. The first kappa shape index (κ1) is 18.4. The molecule has 0 bridgehead atoms. The van der Waals surface area contributed by atoms with Crippen molar-refractivity contribution in [3.63, 3.8) is 0 Å². The van der Waals surface area contributed by atoms with Gasteiger partial charge in [-0.15, -0.1) is 0 Å². The van der Waals surface area contributed by atoms with E-state index in [4.69, 9.17) is 4.74 Å². The Labute approximate surface area is 130 Å². The average Bonchev–Trinajstić information content (AvgIpc) is 2.68. The second-order valence-corrected chi connectivity index (χ2v) is 7.36. The Morgan fingerprint density at radius 3 is 2.57 bits per heavy atom. The first-order valence-corrected chi connectivity index (χ1v) is 8.41. The molecule has 1 rings (SSSR count). The lowest BCUT2D eigenvalue weighted by Gasteiger charge is -2.34. The van der Waals surface area contributed by atoms with Crippen molar-refractivity contribution in [3.05, 3.63) is 0 Å². The van der Waals surface area contributed by atoms with Gasteiger partial charge < -0.3 is 4.74 Å². The molecule has 124 valence electrons. The first-order chi connectivity index (χ1) is 9.71. The van der Waals surface area contributed by atoms with Crippen molar-refractivity contribution in [3.8, 4) is 0 Å². The molecule has 0 radical (unpaired) electrons. The van der Waals surface area contributed by atoms with Crippen LogP contribution in [0.4, 0.5) is 0 Å². The Hall–Kier alpha value is -0.610. The van der Waals surface area contributed by atoms with Crippen molar-refractivity contribution in [2.24, 2.45) is 0 Å². The van der Waals surface area contributed by atoms with Crippen LogP contribution in [0.3, 0.4) is 0 Å². The summed E-state index contributed by atoms with van der Waals surface area (Å²) in [5.41, 5.74) is -0.264. The number of ether oxygens (including phenoxy) is 1. The second-order valence-electron chi connectivity index (χ2n) is 7.36. The molecule has 0 aromatic heterocycles. The lowest BCUT2D eigenvalue weighted by molar-refractivity contribution is -0.151. The van der Waals surface area contributed by atoms with Crippen molar-refractivity contribution >= 4 is 5.97 Å². The molecule has 0 spiro atoms. The smallest absolute Gasteiger partial charge is 0.326 e. The molecular weight excluding hydrogens is 264 g/mol. The number of nitrogens with one attached hydrogen (secondary N) is 1. The third-order valence-corrected chi connectivity index (χ3v) is 4.51. The van der Waals surface area contributed by atoms with Crippen LogP contribution >= 0.6 is 0 Å². The topological polar surface area (TPSA) is 41.6 Å². The minimum atomic E-state index is -0.575. The average molecular weight is 298 g/mol. The summed E-state index contributed by atoms with van der Waals surface area (Å²) in [4.78, 5) is 14.8. The third-order valence-electron chi connectivity index (χ3n) is 4.51. The molecule has 1 atom stereocenters. The maximum Gasteiger partial charge on any atom is 0.326 e. The number of hydrogen-bond acceptors (Lipinski definition) is 4. The van der Waals surface area contributed by atoms with Gasteiger partial charge in [0, 0.05) is 11.6 Å². The Morgan fingerprint density at radius 1 is 1.43 bits per heavy atom. The molecule has 1 saturated heterocycles. The van der Waals surface area contributed by atoms with Gasteiger partial charge in [-0.3, -0.25) is 15.0 Å². The van der Waals surface area contributed by atoms with Gasteiger partial charge >= 0.3 is 5.97 Å². The van der Waals surface area contributed by atoms with Crippen molar-refractivity contribution < 1.29 is 9.53 Å². The number of rotatable bonds is 8. The van der Waals surface area contributed by atoms with Gasteiger partial charge in [-0.2, -0.15) is 0 Å². The van der Waals surface area contributed by atoms with Gasteiger partial charge in [0.1, 0.15) is 5.54 Å². The van der Waals surface area contributed by atoms with Gasteiger partial charge in [0.15, 0.2) is 0 Å². The third kappa shape index (κ3) is 5.26. The molecule has 0 aromatic carbocycles.